The van der Waals surface area contributed by atoms with E-state index in [1.165, 1.54) is 0 Å². The number of aromatic nitrogens is 2. The molecule has 4 N–H and O–H groups in total. The van der Waals surface area contributed by atoms with Gasteiger partial charge in [0, 0.05) is 12.3 Å². The molecule has 0 bridgehead atoms. The van der Waals surface area contributed by atoms with Crippen LogP contribution in [0.2, 0.25) is 0 Å². The lowest BCUT2D eigenvalue weighted by Crippen LogP contribution is -2.48. The maximum atomic E-state index is 15.0. The lowest BCUT2D eigenvalue weighted by molar-refractivity contribution is -0.246. The van der Waals surface area contributed by atoms with Crippen molar-refractivity contribution in [2.24, 2.45) is 0 Å². The van der Waals surface area contributed by atoms with Gasteiger partial charge in [-0.1, -0.05) is 26.2 Å². The summed E-state index contributed by atoms with van der Waals surface area (Å²) in [4.78, 5) is 24.6. The van der Waals surface area contributed by atoms with Crippen LogP contribution in [-0.4, -0.2) is 49.3 Å². The molecule has 1 fully saturated rings. The average Bonchev–Trinajstić information content (AvgIpc) is 2.72. The smallest absolute Gasteiger partial charge is 0.332 e. The highest BCUT2D eigenvalue weighted by molar-refractivity contribution is 4.99. The van der Waals surface area contributed by atoms with Crippen molar-refractivity contribution < 1.29 is 24.4 Å². The molecular weight excluding hydrogens is 311 g/mol. The molecule has 5 atom stereocenters. The zero-order valence-corrected chi connectivity index (χ0v) is 12.7. The summed E-state index contributed by atoms with van der Waals surface area (Å²) in [6.07, 6.45) is -2.87. The van der Waals surface area contributed by atoms with E-state index in [1.807, 2.05) is 11.9 Å². The summed E-state index contributed by atoms with van der Waals surface area (Å²) in [6.45, 7) is 1.98. The number of unbranched alkanes of at least 4 members (excludes halogenated alkanes) is 2. The van der Waals surface area contributed by atoms with E-state index < -0.39 is 41.6 Å². The van der Waals surface area contributed by atoms with Gasteiger partial charge in [0.25, 0.3) is 5.56 Å². The molecule has 0 aliphatic carbocycles. The van der Waals surface area contributed by atoms with E-state index >= 15 is 0 Å². The third-order valence-electron chi connectivity index (χ3n) is 3.96. The van der Waals surface area contributed by atoms with E-state index in [4.69, 9.17) is 4.74 Å². The Morgan fingerprint density at radius 1 is 1.43 bits per heavy atom. The highest BCUT2D eigenvalue weighted by Gasteiger charge is 2.58. The van der Waals surface area contributed by atoms with E-state index in [9.17, 15) is 29.3 Å². The number of nitrogens with one attached hydrogen (secondary N) is 1. The molecule has 0 aromatic carbocycles. The topological polar surface area (TPSA) is 125 Å². The first-order valence-corrected chi connectivity index (χ1v) is 7.54. The summed E-state index contributed by atoms with van der Waals surface area (Å²) < 4.78 is 20.3. The van der Waals surface area contributed by atoms with Crippen LogP contribution in [0.4, 0.5) is 4.39 Å². The molecule has 23 heavy (non-hydrogen) atoms. The average molecular weight is 332 g/mol. The molecule has 0 amide bonds. The van der Waals surface area contributed by atoms with Crippen molar-refractivity contribution in [3.05, 3.63) is 33.1 Å². The van der Waals surface area contributed by atoms with Gasteiger partial charge in [-0.25, -0.2) is 9.36 Å². The van der Waals surface area contributed by atoms with Crippen LogP contribution in [0, 0.1) is 0 Å². The predicted octanol–water partition coefficient (Wildman–Crippen LogP) is -0.822. The number of alkyl halides is 1. The monoisotopic (exact) mass is 332 g/mol. The van der Waals surface area contributed by atoms with Crippen LogP contribution < -0.4 is 11.2 Å². The van der Waals surface area contributed by atoms with Gasteiger partial charge in [-0.05, 0) is 6.42 Å². The molecule has 0 radical (unpaired) electrons. The van der Waals surface area contributed by atoms with Gasteiger partial charge in [0.1, 0.15) is 12.2 Å². The Bertz CT molecular complexity index is 647. The first kappa shape index (κ1) is 17.8. The fourth-order valence-corrected chi connectivity index (χ4v) is 2.65. The predicted molar refractivity (Wildman–Crippen MR) is 77.4 cm³/mol. The molecule has 0 saturated carbocycles. The number of ether oxygens (including phenoxy) is 1. The Balaban J connectivity index is 2.24. The summed E-state index contributed by atoms with van der Waals surface area (Å²) in [5.41, 5.74) is -1.87. The van der Waals surface area contributed by atoms with Crippen molar-refractivity contribution in [3.63, 3.8) is 0 Å². The number of halogens is 1. The van der Waals surface area contributed by atoms with Gasteiger partial charge < -0.3 is 20.1 Å². The first-order chi connectivity index (χ1) is 10.8. The zero-order valence-electron chi connectivity index (χ0n) is 12.7. The number of rotatable bonds is 6. The van der Waals surface area contributed by atoms with Crippen LogP contribution in [0.3, 0.4) is 0 Å². The van der Waals surface area contributed by atoms with Crippen molar-refractivity contribution >= 4 is 0 Å². The third kappa shape index (κ3) is 3.37. The molecule has 2 rings (SSSR count). The lowest BCUT2D eigenvalue weighted by atomic mass is 10.0. The summed E-state index contributed by atoms with van der Waals surface area (Å²) in [6, 6.07) is 0.885. The minimum atomic E-state index is -3.07. The van der Waals surface area contributed by atoms with Crippen molar-refractivity contribution in [2.45, 2.75) is 63.0 Å². The molecular formula is C14H21FN2O6. The minimum absolute atomic E-state index is 0.263. The molecule has 1 aromatic rings. The Labute approximate surface area is 131 Å². The van der Waals surface area contributed by atoms with Gasteiger partial charge in [-0.3, -0.25) is 9.78 Å². The van der Waals surface area contributed by atoms with E-state index in [2.05, 4.69) is 0 Å². The van der Waals surface area contributed by atoms with Gasteiger partial charge in [0.05, 0.1) is 6.10 Å². The number of hydrogen-bond donors (Lipinski definition) is 4. The van der Waals surface area contributed by atoms with Gasteiger partial charge in [0.15, 0.2) is 6.10 Å². The molecule has 1 aliphatic rings. The fourth-order valence-electron chi connectivity index (χ4n) is 2.65. The summed E-state index contributed by atoms with van der Waals surface area (Å²) in [5, 5.41) is 30.0. The fraction of sp³-hybridized carbons (Fsp3) is 0.714. The Morgan fingerprint density at radius 2 is 2.13 bits per heavy atom. The number of hydrogen-bond acceptors (Lipinski definition) is 6. The van der Waals surface area contributed by atoms with Gasteiger partial charge in [-0.2, -0.15) is 4.39 Å². The minimum Gasteiger partial charge on any atom is -0.390 e. The van der Waals surface area contributed by atoms with Crippen LogP contribution in [0.25, 0.3) is 0 Å². The molecule has 1 aliphatic heterocycles. The van der Waals surface area contributed by atoms with Crippen molar-refractivity contribution in [3.8, 4) is 0 Å². The van der Waals surface area contributed by atoms with Gasteiger partial charge in [-0.15, -0.1) is 0 Å². The molecule has 8 nitrogen and oxygen atoms in total. The quantitative estimate of drug-likeness (QED) is 0.504. The highest BCUT2D eigenvalue weighted by Crippen LogP contribution is 2.37. The number of aromatic amines is 1. The van der Waals surface area contributed by atoms with E-state index in [-0.39, 0.29) is 6.42 Å². The Kier molecular flexibility index (Phi) is 5.35. The molecule has 130 valence electrons. The third-order valence-corrected chi connectivity index (χ3v) is 3.96. The van der Waals surface area contributed by atoms with Crippen LogP contribution in [0.1, 0.15) is 32.6 Å². The van der Waals surface area contributed by atoms with Crippen LogP contribution in [-0.2, 0) is 10.7 Å². The zero-order chi connectivity index (χ0) is 17.2. The molecule has 2 heterocycles. The number of aliphatic hydroxyl groups is 3. The maximum Gasteiger partial charge on any atom is 0.332 e. The standard InChI is InChI=1S/C14H21FN2O6/c1-2-3-4-5-8(18)11-10(20)12(21)14(15,23-11)17-7-6-9(19)16-13(17)22/h6-8,10-12,18,20-21H,2-5H2,1H3,(H,16,19,22)/t8?,10-,11-,12-,14+/m1/s1. The van der Waals surface area contributed by atoms with Crippen LogP contribution in [0.5, 0.6) is 0 Å². The number of aliphatic hydroxyl groups excluding tert-OH is 3. The molecule has 1 saturated heterocycles. The molecule has 0 spiro atoms. The molecule has 1 unspecified atom stereocenters. The van der Waals surface area contributed by atoms with Crippen molar-refractivity contribution in [1.82, 2.24) is 9.55 Å². The highest BCUT2D eigenvalue weighted by atomic mass is 19.2. The Hall–Kier alpha value is -1.55. The van der Waals surface area contributed by atoms with Gasteiger partial charge >= 0.3 is 11.7 Å². The van der Waals surface area contributed by atoms with E-state index in [0.29, 0.717) is 11.0 Å². The first-order valence-electron chi connectivity index (χ1n) is 7.54. The summed E-state index contributed by atoms with van der Waals surface area (Å²) in [7, 11) is 0. The van der Waals surface area contributed by atoms with Gasteiger partial charge in [0.2, 0.25) is 0 Å². The lowest BCUT2D eigenvalue weighted by Gasteiger charge is -2.25. The van der Waals surface area contributed by atoms with Crippen molar-refractivity contribution in [2.75, 3.05) is 0 Å². The van der Waals surface area contributed by atoms with Crippen LogP contribution >= 0.6 is 0 Å². The second kappa shape index (κ2) is 6.91. The second-order valence-electron chi connectivity index (χ2n) is 5.67. The Morgan fingerprint density at radius 3 is 2.74 bits per heavy atom. The largest absolute Gasteiger partial charge is 0.390 e. The van der Waals surface area contributed by atoms with Crippen molar-refractivity contribution in [1.29, 1.82) is 0 Å². The SMILES string of the molecule is CCCCCC(O)[C@H]1O[C@@](F)(n2ccc(=O)[nH]c2=O)[C@H](O)[C@@H]1O. The van der Waals surface area contributed by atoms with Crippen LogP contribution in [0.15, 0.2) is 21.9 Å². The summed E-state index contributed by atoms with van der Waals surface area (Å²) >= 11 is 0. The normalized spacial score (nSPS) is 32.1. The molecule has 9 heteroatoms. The van der Waals surface area contributed by atoms with E-state index in [1.54, 1.807) is 0 Å². The molecule has 1 aromatic heterocycles. The maximum absolute atomic E-state index is 15.0. The number of H-pyrrole nitrogens is 1. The van der Waals surface area contributed by atoms with E-state index in [0.717, 1.165) is 25.1 Å². The number of nitrogens with zero attached hydrogens (tertiary/aromatic N) is 1. The second-order valence-corrected chi connectivity index (χ2v) is 5.67. The summed E-state index contributed by atoms with van der Waals surface area (Å²) in [5.74, 6) is -3.07.